The third-order valence-electron chi connectivity index (χ3n) is 2.15. The van der Waals surface area contributed by atoms with Crippen LogP contribution in [0.1, 0.15) is 20.3 Å². The summed E-state index contributed by atoms with van der Waals surface area (Å²) in [5, 5.41) is 8.81. The first-order chi connectivity index (χ1) is 6.63. The maximum Gasteiger partial charge on any atom is 0.186 e. The fourth-order valence-corrected chi connectivity index (χ4v) is 2.29. The van der Waals surface area contributed by atoms with Gasteiger partial charge in [-0.1, -0.05) is 18.7 Å². The minimum atomic E-state index is 0.547. The van der Waals surface area contributed by atoms with Gasteiger partial charge in [0.15, 0.2) is 5.16 Å². The Balaban J connectivity index is 2.41. The lowest BCUT2D eigenvalue weighted by Gasteiger charge is -2.15. The molecule has 0 saturated heterocycles. The van der Waals surface area contributed by atoms with Crippen LogP contribution in [0.5, 0.6) is 0 Å². The van der Waals surface area contributed by atoms with Crippen LogP contribution in [0, 0.1) is 0 Å². The van der Waals surface area contributed by atoms with E-state index >= 15 is 0 Å². The van der Waals surface area contributed by atoms with Crippen LogP contribution >= 0.6 is 11.8 Å². The molecule has 80 valence electrons. The van der Waals surface area contributed by atoms with Crippen LogP contribution in [0.15, 0.2) is 11.5 Å². The lowest BCUT2D eigenvalue weighted by atomic mass is 10.2. The molecule has 0 aliphatic carbocycles. The molecule has 0 aliphatic rings. The molecule has 1 aromatic heterocycles. The second-order valence-corrected chi connectivity index (χ2v) is 4.93. The Labute approximate surface area is 89.5 Å². The molecule has 0 radical (unpaired) electrons. The van der Waals surface area contributed by atoms with E-state index in [4.69, 9.17) is 0 Å². The molecule has 0 aliphatic heterocycles. The number of nitrogens with one attached hydrogen (secondary N) is 1. The summed E-state index contributed by atoms with van der Waals surface area (Å²) in [6.45, 7) is 4.40. The largest absolute Gasteiger partial charge is 0.317 e. The summed E-state index contributed by atoms with van der Waals surface area (Å²) in [7, 11) is 3.91. The van der Waals surface area contributed by atoms with Crippen molar-refractivity contribution in [2.75, 3.05) is 7.05 Å². The summed E-state index contributed by atoms with van der Waals surface area (Å²) in [6.07, 6.45) is 2.73. The van der Waals surface area contributed by atoms with E-state index in [2.05, 4.69) is 29.2 Å². The van der Waals surface area contributed by atoms with Crippen molar-refractivity contribution in [1.29, 1.82) is 0 Å². The molecule has 5 heteroatoms. The molecule has 0 saturated carbocycles. The summed E-state index contributed by atoms with van der Waals surface area (Å²) in [5.41, 5.74) is 0. The van der Waals surface area contributed by atoms with Gasteiger partial charge in [-0.3, -0.25) is 0 Å². The zero-order valence-corrected chi connectivity index (χ0v) is 10.0. The number of rotatable bonds is 5. The summed E-state index contributed by atoms with van der Waals surface area (Å²) in [4.78, 5) is 4.18. The third-order valence-corrected chi connectivity index (χ3v) is 3.33. The topological polar surface area (TPSA) is 42.7 Å². The molecule has 14 heavy (non-hydrogen) atoms. The van der Waals surface area contributed by atoms with Gasteiger partial charge in [0.25, 0.3) is 0 Å². The van der Waals surface area contributed by atoms with Crippen LogP contribution in [0.25, 0.3) is 0 Å². The predicted molar refractivity (Wildman–Crippen MR) is 59.5 cm³/mol. The molecule has 1 N–H and O–H groups in total. The van der Waals surface area contributed by atoms with E-state index in [9.17, 15) is 0 Å². The third kappa shape index (κ3) is 3.31. The molecule has 1 rings (SSSR count). The molecule has 2 atom stereocenters. The molecule has 0 aromatic carbocycles. The van der Waals surface area contributed by atoms with Crippen molar-refractivity contribution in [2.45, 2.75) is 36.7 Å². The van der Waals surface area contributed by atoms with Gasteiger partial charge in [-0.25, -0.2) is 9.67 Å². The Kier molecular flexibility index (Phi) is 4.41. The number of aromatic nitrogens is 3. The molecule has 0 spiro atoms. The highest BCUT2D eigenvalue weighted by atomic mass is 32.2. The molecule has 0 bridgehead atoms. The SMILES string of the molecule is CNC(C)CC(C)Sc1ncnn1C. The normalized spacial score (nSPS) is 15.4. The van der Waals surface area contributed by atoms with Crippen molar-refractivity contribution in [3.63, 3.8) is 0 Å². The van der Waals surface area contributed by atoms with Crippen molar-refractivity contribution in [1.82, 2.24) is 20.1 Å². The first-order valence-electron chi connectivity index (χ1n) is 4.81. The van der Waals surface area contributed by atoms with E-state index in [-0.39, 0.29) is 0 Å². The Hall–Kier alpha value is -0.550. The second-order valence-electron chi connectivity index (χ2n) is 3.52. The highest BCUT2D eigenvalue weighted by Crippen LogP contribution is 2.22. The van der Waals surface area contributed by atoms with Gasteiger partial charge in [0, 0.05) is 18.3 Å². The van der Waals surface area contributed by atoms with E-state index in [1.165, 1.54) is 0 Å². The molecular formula is C9H18N4S. The molecule has 1 heterocycles. The van der Waals surface area contributed by atoms with Crippen molar-refractivity contribution >= 4 is 11.8 Å². The fourth-order valence-electron chi connectivity index (χ4n) is 1.24. The Morgan fingerprint density at radius 1 is 1.57 bits per heavy atom. The van der Waals surface area contributed by atoms with Crippen molar-refractivity contribution in [3.05, 3.63) is 6.33 Å². The van der Waals surface area contributed by atoms with Crippen LogP contribution < -0.4 is 5.32 Å². The Bertz CT molecular complexity index is 274. The van der Waals surface area contributed by atoms with E-state index in [1.54, 1.807) is 18.1 Å². The zero-order valence-electron chi connectivity index (χ0n) is 9.19. The van der Waals surface area contributed by atoms with Gasteiger partial charge >= 0.3 is 0 Å². The number of hydrogen-bond acceptors (Lipinski definition) is 4. The monoisotopic (exact) mass is 214 g/mol. The van der Waals surface area contributed by atoms with Crippen LogP contribution in [-0.2, 0) is 7.05 Å². The van der Waals surface area contributed by atoms with Gasteiger partial charge in [0.1, 0.15) is 6.33 Å². The summed E-state index contributed by atoms with van der Waals surface area (Å²) >= 11 is 1.77. The number of aryl methyl sites for hydroxylation is 1. The molecule has 0 fully saturated rings. The summed E-state index contributed by atoms with van der Waals surface area (Å²) < 4.78 is 1.81. The zero-order chi connectivity index (χ0) is 10.6. The first-order valence-corrected chi connectivity index (χ1v) is 5.69. The van der Waals surface area contributed by atoms with Gasteiger partial charge in [-0.05, 0) is 20.4 Å². The van der Waals surface area contributed by atoms with Crippen molar-refractivity contribution < 1.29 is 0 Å². The fraction of sp³-hybridized carbons (Fsp3) is 0.778. The van der Waals surface area contributed by atoms with Crippen molar-refractivity contribution in [2.24, 2.45) is 7.05 Å². The van der Waals surface area contributed by atoms with Gasteiger partial charge in [-0.15, -0.1) is 0 Å². The minimum absolute atomic E-state index is 0.547. The first kappa shape index (κ1) is 11.5. The quantitative estimate of drug-likeness (QED) is 0.750. The predicted octanol–water partition coefficient (Wildman–Crippen LogP) is 1.29. The highest BCUT2D eigenvalue weighted by Gasteiger charge is 2.11. The molecular weight excluding hydrogens is 196 g/mol. The van der Waals surface area contributed by atoms with E-state index in [0.29, 0.717) is 11.3 Å². The minimum Gasteiger partial charge on any atom is -0.317 e. The van der Waals surface area contributed by atoms with Crippen LogP contribution in [-0.4, -0.2) is 33.1 Å². The molecule has 2 unspecified atom stereocenters. The lowest BCUT2D eigenvalue weighted by molar-refractivity contribution is 0.562. The van der Waals surface area contributed by atoms with Crippen molar-refractivity contribution in [3.8, 4) is 0 Å². The van der Waals surface area contributed by atoms with Gasteiger partial charge < -0.3 is 5.32 Å². The number of thioether (sulfide) groups is 1. The average Bonchev–Trinajstić information content (AvgIpc) is 2.51. The lowest BCUT2D eigenvalue weighted by Crippen LogP contribution is -2.24. The van der Waals surface area contributed by atoms with Crippen LogP contribution in [0.3, 0.4) is 0 Å². The van der Waals surface area contributed by atoms with E-state index < -0.39 is 0 Å². The maximum absolute atomic E-state index is 4.18. The Morgan fingerprint density at radius 3 is 2.79 bits per heavy atom. The van der Waals surface area contributed by atoms with Gasteiger partial charge in [0.2, 0.25) is 0 Å². The van der Waals surface area contributed by atoms with Gasteiger partial charge in [-0.2, -0.15) is 5.10 Å². The molecule has 1 aromatic rings. The van der Waals surface area contributed by atoms with Crippen LogP contribution in [0.4, 0.5) is 0 Å². The average molecular weight is 214 g/mol. The molecule has 0 amide bonds. The number of nitrogens with zero attached hydrogens (tertiary/aromatic N) is 3. The molecule has 4 nitrogen and oxygen atoms in total. The Morgan fingerprint density at radius 2 is 2.29 bits per heavy atom. The number of hydrogen-bond donors (Lipinski definition) is 1. The maximum atomic E-state index is 4.18. The van der Waals surface area contributed by atoms with Gasteiger partial charge in [0.05, 0.1) is 0 Å². The van der Waals surface area contributed by atoms with E-state index in [1.807, 2.05) is 18.8 Å². The standard InChI is InChI=1S/C9H18N4S/c1-7(10-3)5-8(2)14-9-11-6-12-13(9)4/h6-8,10H,5H2,1-4H3. The second kappa shape index (κ2) is 5.36. The smallest absolute Gasteiger partial charge is 0.186 e. The van der Waals surface area contributed by atoms with E-state index in [0.717, 1.165) is 11.6 Å². The van der Waals surface area contributed by atoms with Crippen LogP contribution in [0.2, 0.25) is 0 Å². The highest BCUT2D eigenvalue weighted by molar-refractivity contribution is 7.99. The summed E-state index contributed by atoms with van der Waals surface area (Å²) in [6, 6.07) is 0.547. The summed E-state index contributed by atoms with van der Waals surface area (Å²) in [5.74, 6) is 0.